The van der Waals surface area contributed by atoms with Crippen LogP contribution in [0.1, 0.15) is 12.6 Å². The highest BCUT2D eigenvalue weighted by Crippen LogP contribution is 2.34. The third kappa shape index (κ3) is 2.41. The molecule has 3 rings (SSSR count). The second kappa shape index (κ2) is 5.51. The molecule has 1 aliphatic rings. The van der Waals surface area contributed by atoms with Crippen molar-refractivity contribution in [2.24, 2.45) is 0 Å². The standard InChI is InChI=1S/C11H14IN5O4/c1-20-10-7-8(12)16-17(9(7)14-11(13)15-10)6-2-4(19)5(3-18)21-6/h4-6,18-19H,2-3H2,1H3,(H2,13,14,15). The van der Waals surface area contributed by atoms with E-state index in [1.165, 1.54) is 11.8 Å². The van der Waals surface area contributed by atoms with Gasteiger partial charge in [-0.1, -0.05) is 0 Å². The molecule has 4 N–H and O–H groups in total. The number of nitrogen functional groups attached to an aromatic ring is 1. The van der Waals surface area contributed by atoms with Crippen molar-refractivity contribution in [3.8, 4) is 5.88 Å². The summed E-state index contributed by atoms with van der Waals surface area (Å²) in [5, 5.41) is 24.0. The topological polar surface area (TPSA) is 129 Å². The molecule has 3 unspecified atom stereocenters. The lowest BCUT2D eigenvalue weighted by atomic mass is 10.2. The van der Waals surface area contributed by atoms with Crippen LogP contribution in [0.15, 0.2) is 0 Å². The summed E-state index contributed by atoms with van der Waals surface area (Å²) in [6.07, 6.45) is -1.60. The number of ether oxygens (including phenoxy) is 2. The van der Waals surface area contributed by atoms with Crippen molar-refractivity contribution in [3.63, 3.8) is 0 Å². The second-order valence-electron chi connectivity index (χ2n) is 4.64. The minimum atomic E-state index is -0.752. The summed E-state index contributed by atoms with van der Waals surface area (Å²) in [6.45, 7) is -0.256. The highest BCUT2D eigenvalue weighted by Gasteiger charge is 2.36. The first kappa shape index (κ1) is 14.7. The monoisotopic (exact) mass is 407 g/mol. The number of fused-ring (bicyclic) bond motifs is 1. The van der Waals surface area contributed by atoms with Gasteiger partial charge in [0.2, 0.25) is 11.8 Å². The number of rotatable bonds is 3. The van der Waals surface area contributed by atoms with Crippen LogP contribution in [0.3, 0.4) is 0 Å². The molecule has 9 nitrogen and oxygen atoms in total. The average molecular weight is 407 g/mol. The zero-order valence-electron chi connectivity index (χ0n) is 11.1. The third-order valence-corrected chi connectivity index (χ3v) is 4.10. The van der Waals surface area contributed by atoms with E-state index >= 15 is 0 Å². The Morgan fingerprint density at radius 3 is 2.90 bits per heavy atom. The fourth-order valence-corrected chi connectivity index (χ4v) is 3.06. The minimum absolute atomic E-state index is 0.0640. The largest absolute Gasteiger partial charge is 0.480 e. The van der Waals surface area contributed by atoms with Crippen LogP contribution in [0.5, 0.6) is 5.88 Å². The van der Waals surface area contributed by atoms with Crippen molar-refractivity contribution in [1.82, 2.24) is 19.7 Å². The average Bonchev–Trinajstić information content (AvgIpc) is 2.98. The van der Waals surface area contributed by atoms with Crippen molar-refractivity contribution in [3.05, 3.63) is 3.70 Å². The molecule has 0 saturated carbocycles. The Kier molecular flexibility index (Phi) is 3.86. The molecule has 0 aromatic carbocycles. The van der Waals surface area contributed by atoms with Crippen LogP contribution in [0.25, 0.3) is 11.0 Å². The van der Waals surface area contributed by atoms with Gasteiger partial charge in [-0.05, 0) is 22.6 Å². The number of aliphatic hydroxyl groups is 2. The molecule has 3 heterocycles. The molecule has 0 aliphatic carbocycles. The SMILES string of the molecule is COc1nc(N)nc2c1c(I)nn2C1CC(O)C(CO)O1. The molecule has 0 radical (unpaired) electrons. The number of nitrogens with zero attached hydrogens (tertiary/aromatic N) is 4. The lowest BCUT2D eigenvalue weighted by Crippen LogP contribution is -2.24. The quantitative estimate of drug-likeness (QED) is 0.590. The fraction of sp³-hybridized carbons (Fsp3) is 0.545. The Bertz CT molecular complexity index is 678. The molecule has 0 amide bonds. The summed E-state index contributed by atoms with van der Waals surface area (Å²) in [7, 11) is 1.49. The summed E-state index contributed by atoms with van der Waals surface area (Å²) in [5.74, 6) is 0.402. The molecule has 0 spiro atoms. The van der Waals surface area contributed by atoms with Gasteiger partial charge in [-0.3, -0.25) is 0 Å². The van der Waals surface area contributed by atoms with Crippen molar-refractivity contribution in [2.45, 2.75) is 24.9 Å². The molecule has 21 heavy (non-hydrogen) atoms. The highest BCUT2D eigenvalue weighted by molar-refractivity contribution is 14.1. The van der Waals surface area contributed by atoms with Gasteiger partial charge in [0.25, 0.3) is 0 Å². The molecular weight excluding hydrogens is 393 g/mol. The summed E-state index contributed by atoms with van der Waals surface area (Å²) in [6, 6.07) is 0. The Balaban J connectivity index is 2.10. The summed E-state index contributed by atoms with van der Waals surface area (Å²) < 4.78 is 13.0. The third-order valence-electron chi connectivity index (χ3n) is 3.34. The number of halogens is 1. The van der Waals surface area contributed by atoms with Crippen LogP contribution in [0, 0.1) is 3.70 Å². The van der Waals surface area contributed by atoms with E-state index < -0.39 is 18.4 Å². The Morgan fingerprint density at radius 2 is 2.29 bits per heavy atom. The summed E-state index contributed by atoms with van der Waals surface area (Å²) >= 11 is 2.05. The van der Waals surface area contributed by atoms with E-state index in [-0.39, 0.29) is 12.6 Å². The van der Waals surface area contributed by atoms with Gasteiger partial charge in [-0.15, -0.1) is 0 Å². The van der Waals surface area contributed by atoms with E-state index in [2.05, 4.69) is 15.1 Å². The first-order valence-corrected chi connectivity index (χ1v) is 7.32. The molecule has 1 aliphatic heterocycles. The second-order valence-corrected chi connectivity index (χ2v) is 5.66. The maximum absolute atomic E-state index is 9.84. The first-order valence-electron chi connectivity index (χ1n) is 6.24. The van der Waals surface area contributed by atoms with Crippen molar-refractivity contribution in [2.75, 3.05) is 19.5 Å². The van der Waals surface area contributed by atoms with Crippen molar-refractivity contribution >= 4 is 39.6 Å². The number of hydrogen-bond donors (Lipinski definition) is 3. The molecule has 1 fully saturated rings. The predicted octanol–water partition coefficient (Wildman–Crippen LogP) is -0.338. The molecule has 3 atom stereocenters. The fourth-order valence-electron chi connectivity index (χ4n) is 2.36. The van der Waals surface area contributed by atoms with E-state index in [1.807, 2.05) is 22.6 Å². The van der Waals surface area contributed by atoms with E-state index in [9.17, 15) is 5.11 Å². The van der Waals surface area contributed by atoms with Crippen LogP contribution in [-0.4, -0.2) is 55.9 Å². The lowest BCUT2D eigenvalue weighted by molar-refractivity contribution is -0.0471. The molecule has 2 aromatic heterocycles. The molecular formula is C11H14IN5O4. The van der Waals surface area contributed by atoms with Gasteiger partial charge < -0.3 is 25.4 Å². The Morgan fingerprint density at radius 1 is 1.52 bits per heavy atom. The molecule has 2 aromatic rings. The highest BCUT2D eigenvalue weighted by atomic mass is 127. The molecule has 0 bridgehead atoms. The number of methoxy groups -OCH3 is 1. The minimum Gasteiger partial charge on any atom is -0.480 e. The zero-order chi connectivity index (χ0) is 15.1. The lowest BCUT2D eigenvalue weighted by Gasteiger charge is -2.13. The van der Waals surface area contributed by atoms with Crippen molar-refractivity contribution in [1.29, 1.82) is 0 Å². The number of hydrogen-bond acceptors (Lipinski definition) is 8. The smallest absolute Gasteiger partial charge is 0.230 e. The zero-order valence-corrected chi connectivity index (χ0v) is 13.3. The van der Waals surface area contributed by atoms with Crippen LogP contribution < -0.4 is 10.5 Å². The van der Waals surface area contributed by atoms with Crippen LogP contribution in [-0.2, 0) is 4.74 Å². The van der Waals surface area contributed by atoms with E-state index in [0.717, 1.165) is 0 Å². The summed E-state index contributed by atoms with van der Waals surface area (Å²) in [5.41, 5.74) is 6.15. The van der Waals surface area contributed by atoms with E-state index in [1.54, 1.807) is 0 Å². The van der Waals surface area contributed by atoms with Gasteiger partial charge in [0.05, 0.1) is 19.8 Å². The normalized spacial score (nSPS) is 25.6. The number of aromatic nitrogens is 4. The number of nitrogens with two attached hydrogens (primary N) is 1. The molecule has 114 valence electrons. The van der Waals surface area contributed by atoms with Crippen LogP contribution >= 0.6 is 22.6 Å². The Hall–Kier alpha value is -1.24. The number of aliphatic hydroxyl groups excluding tert-OH is 2. The van der Waals surface area contributed by atoms with E-state index in [0.29, 0.717) is 27.0 Å². The van der Waals surface area contributed by atoms with Gasteiger partial charge in [0.1, 0.15) is 15.2 Å². The van der Waals surface area contributed by atoms with Crippen LogP contribution in [0.2, 0.25) is 0 Å². The van der Waals surface area contributed by atoms with Crippen molar-refractivity contribution < 1.29 is 19.7 Å². The number of anilines is 1. The Labute approximate surface area is 133 Å². The van der Waals surface area contributed by atoms with Gasteiger partial charge in [-0.2, -0.15) is 15.1 Å². The van der Waals surface area contributed by atoms with Gasteiger partial charge in [0.15, 0.2) is 11.9 Å². The first-order chi connectivity index (χ1) is 10.0. The summed E-state index contributed by atoms with van der Waals surface area (Å²) in [4.78, 5) is 8.21. The predicted molar refractivity (Wildman–Crippen MR) is 80.6 cm³/mol. The molecule has 1 saturated heterocycles. The van der Waals surface area contributed by atoms with Gasteiger partial charge in [0, 0.05) is 6.42 Å². The van der Waals surface area contributed by atoms with Gasteiger partial charge in [-0.25, -0.2) is 4.68 Å². The maximum atomic E-state index is 9.84. The van der Waals surface area contributed by atoms with E-state index in [4.69, 9.17) is 20.3 Å². The molecule has 10 heteroatoms. The van der Waals surface area contributed by atoms with Gasteiger partial charge >= 0.3 is 0 Å². The van der Waals surface area contributed by atoms with Crippen LogP contribution in [0.4, 0.5) is 5.95 Å². The maximum Gasteiger partial charge on any atom is 0.230 e.